The fourth-order valence-corrected chi connectivity index (χ4v) is 1.24. The summed E-state index contributed by atoms with van der Waals surface area (Å²) in [6.45, 7) is 0. The molecule has 0 aliphatic carbocycles. The second-order valence-electron chi connectivity index (χ2n) is 3.12. The van der Waals surface area contributed by atoms with Gasteiger partial charge in [0.05, 0.1) is 11.8 Å². The van der Waals surface area contributed by atoms with Gasteiger partial charge in [0.1, 0.15) is 11.5 Å². The number of aromatic nitrogens is 1. The number of ether oxygens (including phenoxy) is 1. The number of hydrogen-bond acceptors (Lipinski definition) is 3. The van der Waals surface area contributed by atoms with Gasteiger partial charge in [-0.3, -0.25) is 4.98 Å². The van der Waals surface area contributed by atoms with Crippen molar-refractivity contribution in [2.45, 2.75) is 0 Å². The average Bonchev–Trinajstić information content (AvgIpc) is 2.30. The summed E-state index contributed by atoms with van der Waals surface area (Å²) in [5.74, 6) is 0.0783. The Morgan fingerprint density at radius 1 is 1.19 bits per heavy atom. The van der Waals surface area contributed by atoms with Crippen LogP contribution in [0.4, 0.5) is 0 Å². The predicted octanol–water partition coefficient (Wildman–Crippen LogP) is 2.57. The fraction of sp³-hybridized carbons (Fsp3) is 0. The normalized spacial score (nSPS) is 9.75. The molecule has 0 saturated heterocycles. The lowest BCUT2D eigenvalue weighted by Crippen LogP contribution is -1.96. The first-order valence-corrected chi connectivity index (χ1v) is 4.67. The van der Waals surface area contributed by atoms with E-state index in [0.717, 1.165) is 0 Å². The van der Waals surface area contributed by atoms with Gasteiger partial charge in [-0.15, -0.1) is 0 Å². The molecule has 0 spiro atoms. The van der Waals surface area contributed by atoms with Crippen LogP contribution in [0.1, 0.15) is 10.4 Å². The van der Waals surface area contributed by atoms with Gasteiger partial charge >= 0.3 is 5.97 Å². The zero-order chi connectivity index (χ0) is 11.4. The van der Waals surface area contributed by atoms with E-state index in [-0.39, 0.29) is 5.56 Å². The molecule has 1 aromatic heterocycles. The molecule has 2 aromatic rings. The summed E-state index contributed by atoms with van der Waals surface area (Å²) in [6, 6.07) is 9.80. The van der Waals surface area contributed by atoms with Crippen LogP contribution in [0.15, 0.2) is 48.8 Å². The van der Waals surface area contributed by atoms with Gasteiger partial charge < -0.3 is 9.84 Å². The zero-order valence-electron chi connectivity index (χ0n) is 8.33. The van der Waals surface area contributed by atoms with Crippen molar-refractivity contribution in [3.8, 4) is 11.5 Å². The highest BCUT2D eigenvalue weighted by molar-refractivity contribution is 5.88. The number of benzene rings is 1. The fourth-order valence-electron chi connectivity index (χ4n) is 1.24. The number of carboxylic acids is 1. The minimum atomic E-state index is -0.975. The molecule has 0 bridgehead atoms. The summed E-state index contributed by atoms with van der Waals surface area (Å²) < 4.78 is 5.44. The van der Waals surface area contributed by atoms with Gasteiger partial charge in [0.15, 0.2) is 0 Å². The maximum atomic E-state index is 10.7. The second-order valence-corrected chi connectivity index (χ2v) is 3.12. The smallest absolute Gasteiger partial charge is 0.335 e. The van der Waals surface area contributed by atoms with Crippen LogP contribution < -0.4 is 4.74 Å². The summed E-state index contributed by atoms with van der Waals surface area (Å²) >= 11 is 0. The van der Waals surface area contributed by atoms with E-state index in [2.05, 4.69) is 4.98 Å². The van der Waals surface area contributed by atoms with E-state index in [9.17, 15) is 4.79 Å². The average molecular weight is 215 g/mol. The van der Waals surface area contributed by atoms with Crippen molar-refractivity contribution < 1.29 is 14.6 Å². The lowest BCUT2D eigenvalue weighted by atomic mass is 10.2. The maximum absolute atomic E-state index is 10.7. The zero-order valence-corrected chi connectivity index (χ0v) is 8.33. The molecule has 1 heterocycles. The molecule has 0 aliphatic rings. The van der Waals surface area contributed by atoms with Crippen LogP contribution in [-0.4, -0.2) is 16.1 Å². The van der Waals surface area contributed by atoms with Crippen LogP contribution in [0, 0.1) is 0 Å². The van der Waals surface area contributed by atoms with Crippen LogP contribution in [0.3, 0.4) is 0 Å². The van der Waals surface area contributed by atoms with Gasteiger partial charge in [-0.2, -0.15) is 0 Å². The molecule has 2 rings (SSSR count). The monoisotopic (exact) mass is 215 g/mol. The molecule has 16 heavy (non-hydrogen) atoms. The maximum Gasteiger partial charge on any atom is 0.335 e. The predicted molar refractivity (Wildman–Crippen MR) is 57.7 cm³/mol. The third kappa shape index (κ3) is 2.36. The number of aromatic carboxylic acids is 1. The molecule has 4 nitrogen and oxygen atoms in total. The van der Waals surface area contributed by atoms with Crippen molar-refractivity contribution in [1.82, 2.24) is 4.98 Å². The van der Waals surface area contributed by atoms with Crippen LogP contribution in [-0.2, 0) is 0 Å². The number of pyridine rings is 1. The third-order valence-corrected chi connectivity index (χ3v) is 1.95. The highest BCUT2D eigenvalue weighted by Gasteiger charge is 2.04. The van der Waals surface area contributed by atoms with Crippen LogP contribution in [0.5, 0.6) is 11.5 Å². The number of nitrogens with zero attached hydrogens (tertiary/aromatic N) is 1. The van der Waals surface area contributed by atoms with E-state index in [4.69, 9.17) is 9.84 Å². The Labute approximate surface area is 92.1 Å². The molecule has 80 valence electrons. The quantitative estimate of drug-likeness (QED) is 0.854. The molecular weight excluding hydrogens is 206 g/mol. The molecule has 1 aromatic carbocycles. The molecule has 0 radical (unpaired) electrons. The summed E-state index contributed by atoms with van der Waals surface area (Å²) in [6.07, 6.45) is 3.20. The number of rotatable bonds is 3. The highest BCUT2D eigenvalue weighted by Crippen LogP contribution is 2.20. The first-order valence-electron chi connectivity index (χ1n) is 4.67. The number of carbonyl (C=O) groups is 1. The van der Waals surface area contributed by atoms with Crippen molar-refractivity contribution in [2.24, 2.45) is 0 Å². The first-order chi connectivity index (χ1) is 7.75. The molecule has 0 amide bonds. The van der Waals surface area contributed by atoms with Gasteiger partial charge in [0, 0.05) is 6.20 Å². The van der Waals surface area contributed by atoms with E-state index < -0.39 is 5.97 Å². The summed E-state index contributed by atoms with van der Waals surface area (Å²) in [5.41, 5.74) is 0.196. The lowest BCUT2D eigenvalue weighted by Gasteiger charge is -2.05. The Kier molecular flexibility index (Phi) is 2.82. The van der Waals surface area contributed by atoms with Gasteiger partial charge in [0.25, 0.3) is 0 Å². The van der Waals surface area contributed by atoms with E-state index >= 15 is 0 Å². The van der Waals surface area contributed by atoms with Gasteiger partial charge in [0.2, 0.25) is 0 Å². The first kappa shape index (κ1) is 10.2. The minimum absolute atomic E-state index is 0.196. The van der Waals surface area contributed by atoms with Crippen LogP contribution >= 0.6 is 0 Å². The number of carboxylic acid groups (broad SMARTS) is 1. The molecule has 0 saturated carbocycles. The Bertz CT molecular complexity index is 497. The van der Waals surface area contributed by atoms with Gasteiger partial charge in [-0.05, 0) is 30.3 Å². The largest absolute Gasteiger partial charge is 0.478 e. The minimum Gasteiger partial charge on any atom is -0.478 e. The van der Waals surface area contributed by atoms with Crippen LogP contribution in [0.25, 0.3) is 0 Å². The Balaban J connectivity index is 2.22. The highest BCUT2D eigenvalue weighted by atomic mass is 16.5. The second kappa shape index (κ2) is 4.44. The summed E-state index contributed by atoms with van der Waals surface area (Å²) in [4.78, 5) is 14.6. The Hall–Kier alpha value is -2.36. The molecule has 0 fully saturated rings. The van der Waals surface area contributed by atoms with E-state index in [1.165, 1.54) is 12.1 Å². The standard InChI is InChI=1S/C12H9NO3/c14-12(15)9-3-1-4-10(7-9)16-11-5-2-6-13-8-11/h1-8H,(H,14,15). The van der Waals surface area contributed by atoms with E-state index in [0.29, 0.717) is 11.5 Å². The summed E-state index contributed by atoms with van der Waals surface area (Å²) in [7, 11) is 0. The van der Waals surface area contributed by atoms with Crippen molar-refractivity contribution >= 4 is 5.97 Å². The van der Waals surface area contributed by atoms with Crippen molar-refractivity contribution in [3.63, 3.8) is 0 Å². The molecule has 0 atom stereocenters. The molecule has 0 aliphatic heterocycles. The van der Waals surface area contributed by atoms with E-state index in [1.807, 2.05) is 0 Å². The van der Waals surface area contributed by atoms with Crippen molar-refractivity contribution in [1.29, 1.82) is 0 Å². The summed E-state index contributed by atoms with van der Waals surface area (Å²) in [5, 5.41) is 8.81. The molecule has 1 N–H and O–H groups in total. The van der Waals surface area contributed by atoms with Crippen LogP contribution in [0.2, 0.25) is 0 Å². The lowest BCUT2D eigenvalue weighted by molar-refractivity contribution is 0.0696. The Morgan fingerprint density at radius 3 is 2.69 bits per heavy atom. The third-order valence-electron chi connectivity index (χ3n) is 1.95. The molecule has 4 heteroatoms. The van der Waals surface area contributed by atoms with Crippen molar-refractivity contribution in [3.05, 3.63) is 54.4 Å². The van der Waals surface area contributed by atoms with Gasteiger partial charge in [-0.1, -0.05) is 6.07 Å². The van der Waals surface area contributed by atoms with E-state index in [1.54, 1.807) is 36.7 Å². The Morgan fingerprint density at radius 2 is 2.00 bits per heavy atom. The SMILES string of the molecule is O=C(O)c1cccc(Oc2cccnc2)c1. The molecular formula is C12H9NO3. The molecule has 0 unspecified atom stereocenters. The number of hydrogen-bond donors (Lipinski definition) is 1. The topological polar surface area (TPSA) is 59.4 Å². The van der Waals surface area contributed by atoms with Crippen molar-refractivity contribution in [2.75, 3.05) is 0 Å². The van der Waals surface area contributed by atoms with Gasteiger partial charge in [-0.25, -0.2) is 4.79 Å².